The fraction of sp³-hybridized carbons (Fsp3) is 0.364. The molecule has 8 heteroatoms. The lowest BCUT2D eigenvalue weighted by atomic mass is 10.3. The second kappa shape index (κ2) is 5.32. The van der Waals surface area contributed by atoms with E-state index in [-0.39, 0.29) is 0 Å². The molecule has 1 aromatic carbocycles. The highest BCUT2D eigenvalue weighted by Gasteiger charge is 2.15. The summed E-state index contributed by atoms with van der Waals surface area (Å²) in [6, 6.07) is 5.48. The quantitative estimate of drug-likeness (QED) is 0.915. The van der Waals surface area contributed by atoms with Crippen molar-refractivity contribution in [3.05, 3.63) is 18.2 Å². The highest BCUT2D eigenvalue weighted by atomic mass is 32.2. The molecule has 1 aromatic heterocycles. The van der Waals surface area contributed by atoms with Gasteiger partial charge in [0.1, 0.15) is 5.75 Å². The largest absolute Gasteiger partial charge is 0.494 e. The molecule has 0 aliphatic carbocycles. The van der Waals surface area contributed by atoms with Gasteiger partial charge in [0.05, 0.1) is 16.8 Å². The van der Waals surface area contributed by atoms with Crippen LogP contribution < -0.4 is 9.46 Å². The van der Waals surface area contributed by atoms with Crippen molar-refractivity contribution in [2.75, 3.05) is 25.4 Å². The number of fused-ring (bicyclic) bond motifs is 1. The van der Waals surface area contributed by atoms with Gasteiger partial charge in [0.25, 0.3) is 0 Å². The molecule has 104 valence electrons. The van der Waals surface area contributed by atoms with Crippen LogP contribution in [-0.2, 0) is 10.2 Å². The Labute approximate surface area is 116 Å². The lowest BCUT2D eigenvalue weighted by molar-refractivity contribution is 0.341. The van der Waals surface area contributed by atoms with Crippen LogP contribution >= 0.6 is 11.3 Å². The summed E-state index contributed by atoms with van der Waals surface area (Å²) in [5, 5.41) is 0.345. The van der Waals surface area contributed by atoms with Crippen LogP contribution in [0.2, 0.25) is 0 Å². The third kappa shape index (κ3) is 3.14. The molecule has 2 rings (SSSR count). The van der Waals surface area contributed by atoms with Crippen molar-refractivity contribution >= 4 is 36.9 Å². The van der Waals surface area contributed by atoms with Crippen molar-refractivity contribution in [3.8, 4) is 5.75 Å². The normalized spacial score (nSPS) is 12.0. The number of nitrogens with one attached hydrogen (secondary N) is 1. The number of aromatic nitrogens is 1. The number of ether oxygens (including phenoxy) is 1. The molecular formula is C11H15N3O3S2. The highest BCUT2D eigenvalue weighted by Crippen LogP contribution is 2.29. The Morgan fingerprint density at radius 3 is 2.79 bits per heavy atom. The molecule has 0 aliphatic heterocycles. The highest BCUT2D eigenvalue weighted by molar-refractivity contribution is 7.90. The van der Waals surface area contributed by atoms with E-state index in [1.54, 1.807) is 0 Å². The summed E-state index contributed by atoms with van der Waals surface area (Å²) in [5.74, 6) is 0.751. The van der Waals surface area contributed by atoms with E-state index in [1.165, 1.54) is 25.4 Å². The Balaban J connectivity index is 2.32. The SMILES string of the molecule is CCOc1ccc2nc(NS(=O)(=O)N(C)C)sc2c1. The van der Waals surface area contributed by atoms with E-state index in [1.807, 2.05) is 25.1 Å². The second-order valence-corrected chi connectivity index (χ2v) is 6.89. The van der Waals surface area contributed by atoms with E-state index < -0.39 is 10.2 Å². The minimum absolute atomic E-state index is 0.345. The standard InChI is InChI=1S/C11H15N3O3S2/c1-4-17-8-5-6-9-10(7-8)18-11(12-9)13-19(15,16)14(2)3/h5-7H,4H2,1-3H3,(H,12,13). The van der Waals surface area contributed by atoms with Crippen LogP contribution in [0.25, 0.3) is 10.2 Å². The molecule has 1 N–H and O–H groups in total. The predicted molar refractivity (Wildman–Crippen MR) is 77.0 cm³/mol. The van der Waals surface area contributed by atoms with Crippen molar-refractivity contribution in [3.63, 3.8) is 0 Å². The summed E-state index contributed by atoms with van der Waals surface area (Å²) in [4.78, 5) is 4.23. The molecule has 0 aliphatic rings. The van der Waals surface area contributed by atoms with Gasteiger partial charge in [-0.15, -0.1) is 0 Å². The number of benzene rings is 1. The number of thiazole rings is 1. The number of anilines is 1. The topological polar surface area (TPSA) is 71.5 Å². The summed E-state index contributed by atoms with van der Waals surface area (Å²) >= 11 is 1.27. The first kappa shape index (κ1) is 14.0. The number of nitrogens with zero attached hydrogens (tertiary/aromatic N) is 2. The molecule has 0 saturated heterocycles. The van der Waals surface area contributed by atoms with Gasteiger partial charge in [0.15, 0.2) is 5.13 Å². The molecule has 2 aromatic rings. The zero-order chi connectivity index (χ0) is 14.0. The van der Waals surface area contributed by atoms with Crippen molar-refractivity contribution in [2.45, 2.75) is 6.92 Å². The first-order chi connectivity index (χ1) is 8.92. The summed E-state index contributed by atoms with van der Waals surface area (Å²) < 4.78 is 33.2. The molecule has 0 spiro atoms. The summed E-state index contributed by atoms with van der Waals surface area (Å²) in [6.45, 7) is 2.50. The van der Waals surface area contributed by atoms with Crippen molar-refractivity contribution in [1.82, 2.24) is 9.29 Å². The van der Waals surface area contributed by atoms with E-state index in [0.717, 1.165) is 20.3 Å². The van der Waals surface area contributed by atoms with E-state index >= 15 is 0 Å². The van der Waals surface area contributed by atoms with Crippen LogP contribution in [0.4, 0.5) is 5.13 Å². The van der Waals surface area contributed by atoms with Crippen molar-refractivity contribution in [1.29, 1.82) is 0 Å². The Kier molecular flexibility index (Phi) is 3.93. The Bertz CT molecular complexity index is 680. The zero-order valence-electron chi connectivity index (χ0n) is 10.9. The van der Waals surface area contributed by atoms with Crippen LogP contribution in [0.15, 0.2) is 18.2 Å². The molecule has 0 amide bonds. The van der Waals surface area contributed by atoms with Crippen LogP contribution in [0.3, 0.4) is 0 Å². The molecule has 0 fully saturated rings. The molecular weight excluding hydrogens is 286 g/mol. The molecule has 0 bridgehead atoms. The maximum absolute atomic E-state index is 11.7. The fourth-order valence-electron chi connectivity index (χ4n) is 1.41. The summed E-state index contributed by atoms with van der Waals surface area (Å²) in [6.07, 6.45) is 0. The Hall–Kier alpha value is -1.38. The van der Waals surface area contributed by atoms with Crippen LogP contribution in [0.5, 0.6) is 5.75 Å². The molecule has 0 radical (unpaired) electrons. The Morgan fingerprint density at radius 1 is 1.42 bits per heavy atom. The van der Waals surface area contributed by atoms with Gasteiger partial charge in [-0.25, -0.2) is 9.71 Å². The Morgan fingerprint density at radius 2 is 2.16 bits per heavy atom. The molecule has 0 unspecified atom stereocenters. The zero-order valence-corrected chi connectivity index (χ0v) is 12.5. The van der Waals surface area contributed by atoms with E-state index in [2.05, 4.69) is 9.71 Å². The number of hydrogen-bond donors (Lipinski definition) is 1. The van der Waals surface area contributed by atoms with Gasteiger partial charge >= 0.3 is 10.2 Å². The molecule has 0 atom stereocenters. The monoisotopic (exact) mass is 301 g/mol. The minimum Gasteiger partial charge on any atom is -0.494 e. The van der Waals surface area contributed by atoms with E-state index in [9.17, 15) is 8.42 Å². The number of rotatable bonds is 5. The third-order valence-electron chi connectivity index (χ3n) is 2.37. The smallest absolute Gasteiger partial charge is 0.302 e. The van der Waals surface area contributed by atoms with Gasteiger partial charge < -0.3 is 4.74 Å². The van der Waals surface area contributed by atoms with Gasteiger partial charge in [-0.2, -0.15) is 12.7 Å². The number of hydrogen-bond acceptors (Lipinski definition) is 5. The fourth-order valence-corrected chi connectivity index (χ4v) is 3.08. The van der Waals surface area contributed by atoms with Gasteiger partial charge in [-0.1, -0.05) is 11.3 Å². The molecule has 1 heterocycles. The maximum Gasteiger partial charge on any atom is 0.302 e. The first-order valence-corrected chi connectivity index (χ1v) is 7.91. The van der Waals surface area contributed by atoms with Gasteiger partial charge in [0.2, 0.25) is 0 Å². The van der Waals surface area contributed by atoms with Crippen molar-refractivity contribution < 1.29 is 13.2 Å². The predicted octanol–water partition coefficient (Wildman–Crippen LogP) is 1.91. The summed E-state index contributed by atoms with van der Waals surface area (Å²) in [7, 11) is -0.597. The van der Waals surface area contributed by atoms with Crippen LogP contribution in [0.1, 0.15) is 6.92 Å². The van der Waals surface area contributed by atoms with Crippen LogP contribution in [0, 0.1) is 0 Å². The van der Waals surface area contributed by atoms with Crippen molar-refractivity contribution in [2.24, 2.45) is 0 Å². The first-order valence-electron chi connectivity index (χ1n) is 5.66. The second-order valence-electron chi connectivity index (χ2n) is 3.97. The van der Waals surface area contributed by atoms with Gasteiger partial charge in [-0.3, -0.25) is 0 Å². The minimum atomic E-state index is -3.52. The van der Waals surface area contributed by atoms with Gasteiger partial charge in [0, 0.05) is 14.1 Å². The molecule has 19 heavy (non-hydrogen) atoms. The van der Waals surface area contributed by atoms with Gasteiger partial charge in [-0.05, 0) is 25.1 Å². The average molecular weight is 301 g/mol. The lowest BCUT2D eigenvalue weighted by Crippen LogP contribution is -2.28. The lowest BCUT2D eigenvalue weighted by Gasteiger charge is -2.10. The summed E-state index contributed by atoms with van der Waals surface area (Å²) in [5.41, 5.74) is 0.741. The van der Waals surface area contributed by atoms with E-state index in [4.69, 9.17) is 4.74 Å². The average Bonchev–Trinajstić information content (AvgIpc) is 2.69. The maximum atomic E-state index is 11.7. The molecule has 6 nitrogen and oxygen atoms in total. The third-order valence-corrected chi connectivity index (χ3v) is 4.84. The molecule has 0 saturated carbocycles. The van der Waals surface area contributed by atoms with E-state index in [0.29, 0.717) is 11.7 Å². The van der Waals surface area contributed by atoms with Crippen LogP contribution in [-0.4, -0.2) is 38.4 Å².